The quantitative estimate of drug-likeness (QED) is 0.877. The Morgan fingerprint density at radius 2 is 2.00 bits per heavy atom. The molecule has 0 saturated heterocycles. The van der Waals surface area contributed by atoms with E-state index in [1.807, 2.05) is 20.0 Å². The lowest BCUT2D eigenvalue weighted by molar-refractivity contribution is 0.487. The van der Waals surface area contributed by atoms with Gasteiger partial charge in [-0.05, 0) is 39.3 Å². The first kappa shape index (κ1) is 14.9. The molecule has 2 heterocycles. The Labute approximate surface area is 121 Å². The molecule has 2 rings (SSSR count). The van der Waals surface area contributed by atoms with E-state index in [2.05, 4.69) is 41.8 Å². The average molecular weight is 275 g/mol. The first-order valence-corrected chi connectivity index (χ1v) is 7.41. The van der Waals surface area contributed by atoms with Crippen molar-refractivity contribution < 1.29 is 4.42 Å². The molecule has 2 aromatic rings. The number of imidazole rings is 1. The van der Waals surface area contributed by atoms with Crippen molar-refractivity contribution in [1.82, 2.24) is 14.9 Å². The minimum atomic E-state index is 0.0963. The number of nitrogens with zero attached hydrogens (tertiary/aromatic N) is 2. The van der Waals surface area contributed by atoms with Crippen LogP contribution in [0, 0.1) is 20.8 Å². The van der Waals surface area contributed by atoms with Crippen molar-refractivity contribution in [2.75, 3.05) is 6.54 Å². The van der Waals surface area contributed by atoms with Gasteiger partial charge >= 0.3 is 0 Å². The third kappa shape index (κ3) is 2.66. The predicted octanol–water partition coefficient (Wildman–Crippen LogP) is 3.51. The maximum absolute atomic E-state index is 5.79. The molecular formula is C16H25N3O. The van der Waals surface area contributed by atoms with Crippen molar-refractivity contribution in [2.45, 2.75) is 53.6 Å². The van der Waals surface area contributed by atoms with E-state index >= 15 is 0 Å². The molecule has 2 aromatic heterocycles. The van der Waals surface area contributed by atoms with Gasteiger partial charge in [0, 0.05) is 24.5 Å². The van der Waals surface area contributed by atoms with Crippen molar-refractivity contribution in [3.63, 3.8) is 0 Å². The normalized spacial score (nSPS) is 12.8. The average Bonchev–Trinajstić information content (AvgIpc) is 2.95. The topological polar surface area (TPSA) is 43.0 Å². The molecular weight excluding hydrogens is 250 g/mol. The van der Waals surface area contributed by atoms with Crippen LogP contribution in [0.2, 0.25) is 0 Å². The SMILES string of the molecule is CCCn1ccnc1C(NCC)c1c(C)oc(C)c1C. The third-order valence-electron chi connectivity index (χ3n) is 3.78. The second kappa shape index (κ2) is 6.27. The number of rotatable bonds is 6. The smallest absolute Gasteiger partial charge is 0.130 e. The molecule has 1 unspecified atom stereocenters. The lowest BCUT2D eigenvalue weighted by atomic mass is 10.0. The highest BCUT2D eigenvalue weighted by molar-refractivity contribution is 5.37. The van der Waals surface area contributed by atoms with Gasteiger partial charge in [-0.2, -0.15) is 0 Å². The molecule has 4 heteroatoms. The van der Waals surface area contributed by atoms with E-state index in [0.717, 1.165) is 36.9 Å². The molecule has 0 radical (unpaired) electrons. The fraction of sp³-hybridized carbons (Fsp3) is 0.562. The molecule has 0 aliphatic heterocycles. The third-order valence-corrected chi connectivity index (χ3v) is 3.78. The maximum Gasteiger partial charge on any atom is 0.130 e. The standard InChI is InChI=1S/C16H25N3O/c1-6-9-19-10-8-18-16(19)15(17-7-2)14-11(3)12(4)20-13(14)5/h8,10,15,17H,6-7,9H2,1-5H3. The highest BCUT2D eigenvalue weighted by Gasteiger charge is 2.25. The van der Waals surface area contributed by atoms with E-state index in [0.29, 0.717) is 0 Å². The number of nitrogens with one attached hydrogen (secondary N) is 1. The van der Waals surface area contributed by atoms with Crippen LogP contribution in [-0.2, 0) is 6.54 Å². The fourth-order valence-electron chi connectivity index (χ4n) is 2.77. The number of aryl methyl sites for hydroxylation is 3. The summed E-state index contributed by atoms with van der Waals surface area (Å²) >= 11 is 0. The van der Waals surface area contributed by atoms with E-state index in [4.69, 9.17) is 4.42 Å². The molecule has 0 fully saturated rings. The van der Waals surface area contributed by atoms with Gasteiger partial charge in [-0.3, -0.25) is 0 Å². The summed E-state index contributed by atoms with van der Waals surface area (Å²) in [5.41, 5.74) is 2.45. The molecule has 0 aliphatic carbocycles. The van der Waals surface area contributed by atoms with Crippen LogP contribution in [0.3, 0.4) is 0 Å². The van der Waals surface area contributed by atoms with Crippen molar-refractivity contribution in [3.8, 4) is 0 Å². The van der Waals surface area contributed by atoms with Crippen LogP contribution in [-0.4, -0.2) is 16.1 Å². The van der Waals surface area contributed by atoms with E-state index in [-0.39, 0.29) is 6.04 Å². The lowest BCUT2D eigenvalue weighted by Crippen LogP contribution is -2.26. The van der Waals surface area contributed by atoms with Gasteiger partial charge in [0.15, 0.2) is 0 Å². The van der Waals surface area contributed by atoms with Crippen molar-refractivity contribution >= 4 is 0 Å². The number of furan rings is 1. The Hall–Kier alpha value is -1.55. The van der Waals surface area contributed by atoms with Crippen LogP contribution in [0.25, 0.3) is 0 Å². The monoisotopic (exact) mass is 275 g/mol. The van der Waals surface area contributed by atoms with Crippen molar-refractivity contribution in [3.05, 3.63) is 40.9 Å². The first-order valence-electron chi connectivity index (χ1n) is 7.41. The largest absolute Gasteiger partial charge is 0.466 e. The van der Waals surface area contributed by atoms with Crippen molar-refractivity contribution in [1.29, 1.82) is 0 Å². The van der Waals surface area contributed by atoms with Gasteiger partial charge in [0.25, 0.3) is 0 Å². The highest BCUT2D eigenvalue weighted by Crippen LogP contribution is 2.30. The highest BCUT2D eigenvalue weighted by atomic mass is 16.3. The van der Waals surface area contributed by atoms with Crippen LogP contribution >= 0.6 is 0 Å². The Morgan fingerprint density at radius 3 is 2.55 bits per heavy atom. The fourth-order valence-corrected chi connectivity index (χ4v) is 2.77. The second-order valence-corrected chi connectivity index (χ2v) is 5.22. The molecule has 1 N–H and O–H groups in total. The van der Waals surface area contributed by atoms with E-state index in [9.17, 15) is 0 Å². The van der Waals surface area contributed by atoms with Crippen LogP contribution in [0.4, 0.5) is 0 Å². The molecule has 0 aromatic carbocycles. The summed E-state index contributed by atoms with van der Waals surface area (Å²) in [5.74, 6) is 3.05. The van der Waals surface area contributed by atoms with Crippen LogP contribution in [0.5, 0.6) is 0 Å². The van der Waals surface area contributed by atoms with E-state index < -0.39 is 0 Å². The molecule has 4 nitrogen and oxygen atoms in total. The van der Waals surface area contributed by atoms with Gasteiger partial charge in [0.2, 0.25) is 0 Å². The van der Waals surface area contributed by atoms with Gasteiger partial charge < -0.3 is 14.3 Å². The first-order chi connectivity index (χ1) is 9.60. The zero-order chi connectivity index (χ0) is 14.7. The minimum Gasteiger partial charge on any atom is -0.466 e. The molecule has 0 bridgehead atoms. The Morgan fingerprint density at radius 1 is 1.25 bits per heavy atom. The van der Waals surface area contributed by atoms with E-state index in [1.54, 1.807) is 0 Å². The summed E-state index contributed by atoms with van der Waals surface area (Å²) in [5, 5.41) is 3.55. The number of hydrogen-bond donors (Lipinski definition) is 1. The van der Waals surface area contributed by atoms with Crippen LogP contribution in [0.15, 0.2) is 16.8 Å². The van der Waals surface area contributed by atoms with Gasteiger partial charge in [0.1, 0.15) is 17.3 Å². The molecule has 0 saturated carbocycles. The Kier molecular flexibility index (Phi) is 4.65. The van der Waals surface area contributed by atoms with Crippen molar-refractivity contribution in [2.24, 2.45) is 0 Å². The summed E-state index contributed by atoms with van der Waals surface area (Å²) in [6.45, 7) is 12.4. The zero-order valence-corrected chi connectivity index (χ0v) is 13.2. The van der Waals surface area contributed by atoms with Gasteiger partial charge in [-0.15, -0.1) is 0 Å². The summed E-state index contributed by atoms with van der Waals surface area (Å²) in [6, 6.07) is 0.0963. The maximum atomic E-state index is 5.79. The number of aromatic nitrogens is 2. The van der Waals surface area contributed by atoms with Crippen LogP contribution < -0.4 is 5.32 Å². The molecule has 0 aliphatic rings. The molecule has 110 valence electrons. The molecule has 20 heavy (non-hydrogen) atoms. The molecule has 0 spiro atoms. The summed E-state index contributed by atoms with van der Waals surface area (Å²) < 4.78 is 8.02. The summed E-state index contributed by atoms with van der Waals surface area (Å²) in [7, 11) is 0. The van der Waals surface area contributed by atoms with Gasteiger partial charge in [-0.1, -0.05) is 13.8 Å². The van der Waals surface area contributed by atoms with E-state index in [1.165, 1.54) is 11.1 Å². The Bertz CT molecular complexity index is 568. The van der Waals surface area contributed by atoms with Gasteiger partial charge in [-0.25, -0.2) is 4.98 Å². The minimum absolute atomic E-state index is 0.0963. The lowest BCUT2D eigenvalue weighted by Gasteiger charge is -2.19. The summed E-state index contributed by atoms with van der Waals surface area (Å²) in [6.07, 6.45) is 5.04. The Balaban J connectivity index is 2.48. The predicted molar refractivity (Wildman–Crippen MR) is 81.0 cm³/mol. The van der Waals surface area contributed by atoms with Gasteiger partial charge in [0.05, 0.1) is 6.04 Å². The number of hydrogen-bond acceptors (Lipinski definition) is 3. The second-order valence-electron chi connectivity index (χ2n) is 5.22. The molecule has 0 amide bonds. The zero-order valence-electron chi connectivity index (χ0n) is 13.2. The van der Waals surface area contributed by atoms with Crippen LogP contribution in [0.1, 0.15) is 54.8 Å². The molecule has 1 atom stereocenters. The summed E-state index contributed by atoms with van der Waals surface area (Å²) in [4.78, 5) is 4.58.